The first-order chi connectivity index (χ1) is 10.0. The normalized spacial score (nSPS) is 13.4. The molecule has 0 bridgehead atoms. The van der Waals surface area contributed by atoms with Crippen molar-refractivity contribution in [3.05, 3.63) is 48.0 Å². The van der Waals surface area contributed by atoms with Crippen LogP contribution in [0, 0.1) is 0 Å². The van der Waals surface area contributed by atoms with Crippen LogP contribution in [0.2, 0.25) is 0 Å². The van der Waals surface area contributed by atoms with Crippen molar-refractivity contribution in [3.63, 3.8) is 0 Å². The van der Waals surface area contributed by atoms with E-state index in [0.717, 1.165) is 0 Å². The lowest BCUT2D eigenvalue weighted by molar-refractivity contribution is 0.565. The summed E-state index contributed by atoms with van der Waals surface area (Å²) >= 11 is 0. The zero-order valence-corrected chi connectivity index (χ0v) is 13.3. The molecule has 0 heterocycles. The van der Waals surface area contributed by atoms with Gasteiger partial charge in [-0.3, -0.25) is 0 Å². The summed E-state index contributed by atoms with van der Waals surface area (Å²) in [6, 6.07) is 14.5. The molecule has 0 amide bonds. The molecule has 1 atom stereocenters. The zero-order chi connectivity index (χ0) is 15.3. The lowest BCUT2D eigenvalue weighted by Crippen LogP contribution is -2.32. The second-order valence-corrected chi connectivity index (χ2v) is 6.99. The largest absolute Gasteiger partial charge is 0.309 e. The molecular formula is C16H22N2O2S. The van der Waals surface area contributed by atoms with Gasteiger partial charge in [0, 0.05) is 19.1 Å². The Morgan fingerprint density at radius 1 is 1.10 bits per heavy atom. The summed E-state index contributed by atoms with van der Waals surface area (Å²) in [4.78, 5) is 0. The molecule has 0 fully saturated rings. The highest BCUT2D eigenvalue weighted by molar-refractivity contribution is 7.89. The van der Waals surface area contributed by atoms with Crippen molar-refractivity contribution in [1.82, 2.24) is 10.0 Å². The molecule has 2 aromatic carbocycles. The molecular weight excluding hydrogens is 284 g/mol. The number of hydrogen-bond donors (Lipinski definition) is 2. The Morgan fingerprint density at radius 2 is 1.81 bits per heavy atom. The molecule has 0 aliphatic heterocycles. The predicted octanol–water partition coefficient (Wildman–Crippen LogP) is 2.43. The number of hydrogen-bond acceptors (Lipinski definition) is 3. The molecule has 0 saturated heterocycles. The first-order valence-electron chi connectivity index (χ1n) is 7.22. The quantitative estimate of drug-likeness (QED) is 0.826. The van der Waals surface area contributed by atoms with Gasteiger partial charge >= 0.3 is 0 Å². The fourth-order valence-corrected chi connectivity index (χ4v) is 3.41. The average Bonchev–Trinajstić information content (AvgIpc) is 2.46. The molecule has 21 heavy (non-hydrogen) atoms. The summed E-state index contributed by atoms with van der Waals surface area (Å²) in [6.45, 7) is 4.70. The van der Waals surface area contributed by atoms with E-state index in [-0.39, 0.29) is 11.8 Å². The van der Waals surface area contributed by atoms with Crippen molar-refractivity contribution < 1.29 is 8.42 Å². The minimum absolute atomic E-state index is 0.0932. The van der Waals surface area contributed by atoms with E-state index in [2.05, 4.69) is 41.2 Å². The maximum absolute atomic E-state index is 11.6. The van der Waals surface area contributed by atoms with Crippen LogP contribution in [-0.2, 0) is 10.0 Å². The van der Waals surface area contributed by atoms with Crippen LogP contribution in [0.3, 0.4) is 0 Å². The average molecular weight is 306 g/mol. The van der Waals surface area contributed by atoms with E-state index >= 15 is 0 Å². The third-order valence-corrected chi connectivity index (χ3v) is 4.95. The maximum atomic E-state index is 11.6. The third kappa shape index (κ3) is 4.27. The van der Waals surface area contributed by atoms with Gasteiger partial charge in [-0.2, -0.15) is 0 Å². The predicted molar refractivity (Wildman–Crippen MR) is 87.8 cm³/mol. The van der Waals surface area contributed by atoms with Crippen LogP contribution in [0.25, 0.3) is 10.8 Å². The van der Waals surface area contributed by atoms with E-state index in [4.69, 9.17) is 0 Å². The molecule has 4 nitrogen and oxygen atoms in total. The molecule has 2 rings (SSSR count). The maximum Gasteiger partial charge on any atom is 0.212 e. The van der Waals surface area contributed by atoms with Crippen molar-refractivity contribution in [3.8, 4) is 0 Å². The Labute approximate surface area is 126 Å². The Hall–Kier alpha value is -1.43. The Balaban J connectivity index is 2.04. The summed E-state index contributed by atoms with van der Waals surface area (Å²) in [7, 11) is -3.16. The molecule has 114 valence electrons. The monoisotopic (exact) mass is 306 g/mol. The van der Waals surface area contributed by atoms with Crippen LogP contribution in [0.5, 0.6) is 0 Å². The van der Waals surface area contributed by atoms with Gasteiger partial charge in [-0.05, 0) is 23.3 Å². The van der Waals surface area contributed by atoms with Gasteiger partial charge in [0.1, 0.15) is 0 Å². The minimum atomic E-state index is -3.16. The lowest BCUT2D eigenvalue weighted by Gasteiger charge is -2.16. The van der Waals surface area contributed by atoms with Crippen molar-refractivity contribution >= 4 is 20.8 Å². The summed E-state index contributed by atoms with van der Waals surface area (Å²) in [6.07, 6.45) is 0. The number of fused-ring (bicyclic) bond motifs is 1. The molecule has 0 aliphatic carbocycles. The number of nitrogens with one attached hydrogen (secondary N) is 2. The molecule has 0 saturated carbocycles. The Morgan fingerprint density at radius 3 is 2.57 bits per heavy atom. The van der Waals surface area contributed by atoms with Gasteiger partial charge in [0.15, 0.2) is 0 Å². The highest BCUT2D eigenvalue weighted by Crippen LogP contribution is 2.23. The SMILES string of the molecule is CCNS(=O)(=O)CCNC(C)c1cccc2ccccc12. The highest BCUT2D eigenvalue weighted by Gasteiger charge is 2.11. The van der Waals surface area contributed by atoms with Crippen molar-refractivity contribution in [2.24, 2.45) is 0 Å². The molecule has 0 aliphatic rings. The summed E-state index contributed by atoms with van der Waals surface area (Å²) in [5.41, 5.74) is 1.19. The number of benzene rings is 2. The Kier molecular flexibility index (Phi) is 5.33. The molecule has 0 aromatic heterocycles. The van der Waals surface area contributed by atoms with E-state index in [1.54, 1.807) is 6.92 Å². The molecule has 0 spiro atoms. The number of rotatable bonds is 7. The van der Waals surface area contributed by atoms with Gasteiger partial charge in [-0.1, -0.05) is 49.4 Å². The van der Waals surface area contributed by atoms with E-state index in [1.807, 2.05) is 18.2 Å². The summed E-state index contributed by atoms with van der Waals surface area (Å²) in [5.74, 6) is 0.0932. The summed E-state index contributed by atoms with van der Waals surface area (Å²) < 4.78 is 25.7. The van der Waals surface area contributed by atoms with Crippen molar-refractivity contribution in [1.29, 1.82) is 0 Å². The van der Waals surface area contributed by atoms with Gasteiger partial charge in [0.05, 0.1) is 5.75 Å². The second-order valence-electron chi connectivity index (χ2n) is 5.06. The second kappa shape index (κ2) is 7.02. The van der Waals surface area contributed by atoms with Crippen molar-refractivity contribution in [2.75, 3.05) is 18.8 Å². The van der Waals surface area contributed by atoms with E-state index in [1.165, 1.54) is 16.3 Å². The van der Waals surface area contributed by atoms with E-state index in [9.17, 15) is 8.42 Å². The van der Waals surface area contributed by atoms with E-state index in [0.29, 0.717) is 13.1 Å². The Bertz CT molecular complexity index is 693. The highest BCUT2D eigenvalue weighted by atomic mass is 32.2. The minimum Gasteiger partial charge on any atom is -0.309 e. The molecule has 2 aromatic rings. The third-order valence-electron chi connectivity index (χ3n) is 3.48. The fourth-order valence-electron chi connectivity index (χ4n) is 2.44. The van der Waals surface area contributed by atoms with Crippen LogP contribution in [0.1, 0.15) is 25.5 Å². The first kappa shape index (κ1) is 15.9. The topological polar surface area (TPSA) is 58.2 Å². The van der Waals surface area contributed by atoms with Crippen LogP contribution in [0.4, 0.5) is 0 Å². The zero-order valence-electron chi connectivity index (χ0n) is 12.5. The van der Waals surface area contributed by atoms with E-state index < -0.39 is 10.0 Å². The van der Waals surface area contributed by atoms with Gasteiger partial charge in [0.2, 0.25) is 10.0 Å². The molecule has 0 radical (unpaired) electrons. The van der Waals surface area contributed by atoms with Gasteiger partial charge in [0.25, 0.3) is 0 Å². The van der Waals surface area contributed by atoms with Crippen LogP contribution in [-0.4, -0.2) is 27.3 Å². The smallest absolute Gasteiger partial charge is 0.212 e. The van der Waals surface area contributed by atoms with Crippen LogP contribution < -0.4 is 10.0 Å². The van der Waals surface area contributed by atoms with Crippen molar-refractivity contribution in [2.45, 2.75) is 19.9 Å². The number of sulfonamides is 1. The lowest BCUT2D eigenvalue weighted by atomic mass is 10.00. The van der Waals surface area contributed by atoms with Gasteiger partial charge in [-0.25, -0.2) is 13.1 Å². The van der Waals surface area contributed by atoms with Crippen LogP contribution >= 0.6 is 0 Å². The molecule has 5 heteroatoms. The summed E-state index contributed by atoms with van der Waals surface area (Å²) in [5, 5.41) is 5.69. The standard InChI is InChI=1S/C16H22N2O2S/c1-3-18-21(19,20)12-11-17-13(2)15-10-6-8-14-7-4-5-9-16(14)15/h4-10,13,17-18H,3,11-12H2,1-2H3. The van der Waals surface area contributed by atoms with Gasteiger partial charge in [-0.15, -0.1) is 0 Å². The first-order valence-corrected chi connectivity index (χ1v) is 8.87. The molecule has 1 unspecified atom stereocenters. The fraction of sp³-hybridized carbons (Fsp3) is 0.375. The van der Waals surface area contributed by atoms with Gasteiger partial charge < -0.3 is 5.32 Å². The molecule has 2 N–H and O–H groups in total. The van der Waals surface area contributed by atoms with Crippen LogP contribution in [0.15, 0.2) is 42.5 Å².